The van der Waals surface area contributed by atoms with Gasteiger partial charge >= 0.3 is 0 Å². The second-order valence-electron chi connectivity index (χ2n) is 6.62. The van der Waals surface area contributed by atoms with E-state index < -0.39 is 0 Å². The van der Waals surface area contributed by atoms with Crippen LogP contribution in [0.5, 0.6) is 0 Å². The lowest BCUT2D eigenvalue weighted by molar-refractivity contribution is -0.136. The quantitative estimate of drug-likeness (QED) is 0.634. The van der Waals surface area contributed by atoms with Crippen molar-refractivity contribution in [1.29, 1.82) is 0 Å². The van der Waals surface area contributed by atoms with Crippen molar-refractivity contribution in [1.82, 2.24) is 24.5 Å². The van der Waals surface area contributed by atoms with Gasteiger partial charge in [0.2, 0.25) is 5.91 Å². The van der Waals surface area contributed by atoms with Crippen LogP contribution in [0.15, 0.2) is 30.5 Å². The van der Waals surface area contributed by atoms with E-state index in [0.29, 0.717) is 38.4 Å². The van der Waals surface area contributed by atoms with Crippen LogP contribution in [0.25, 0.3) is 10.9 Å². The Labute approximate surface area is 156 Å². The Balaban J connectivity index is 1.53. The second kappa shape index (κ2) is 7.32. The molecule has 0 saturated carbocycles. The standard InChI is InChI=1S/C19H21N5O3/c1-14-17(13-25)16-4-2-3-5-18(16)24(14)11-15-10-23(21-20-15)12-19(26)22-6-8-27-9-7-22/h2-5,10,13H,6-9,11-12H2,1H3. The van der Waals surface area contributed by atoms with E-state index in [-0.39, 0.29) is 12.5 Å². The number of aromatic nitrogens is 4. The van der Waals surface area contributed by atoms with Gasteiger partial charge in [-0.2, -0.15) is 0 Å². The topological polar surface area (TPSA) is 82.2 Å². The Hall–Kier alpha value is -3.00. The van der Waals surface area contributed by atoms with Crippen LogP contribution in [0, 0.1) is 6.92 Å². The second-order valence-corrected chi connectivity index (χ2v) is 6.62. The molecule has 0 spiro atoms. The first-order chi connectivity index (χ1) is 13.2. The molecule has 3 heterocycles. The molecule has 0 N–H and O–H groups in total. The van der Waals surface area contributed by atoms with E-state index in [0.717, 1.165) is 28.6 Å². The Morgan fingerprint density at radius 3 is 2.81 bits per heavy atom. The maximum Gasteiger partial charge on any atom is 0.244 e. The first kappa shape index (κ1) is 17.4. The lowest BCUT2D eigenvalue weighted by atomic mass is 10.1. The van der Waals surface area contributed by atoms with Crippen LogP contribution in [0.4, 0.5) is 0 Å². The van der Waals surface area contributed by atoms with Crippen LogP contribution in [-0.4, -0.2) is 63.0 Å². The number of benzene rings is 1. The number of rotatable bonds is 5. The first-order valence-electron chi connectivity index (χ1n) is 8.95. The predicted molar refractivity (Wildman–Crippen MR) is 98.6 cm³/mol. The van der Waals surface area contributed by atoms with Crippen LogP contribution >= 0.6 is 0 Å². The number of carbonyl (C=O) groups is 2. The molecule has 8 heteroatoms. The lowest BCUT2D eigenvalue weighted by Gasteiger charge is -2.26. The van der Waals surface area contributed by atoms with E-state index in [9.17, 15) is 9.59 Å². The molecule has 1 fully saturated rings. The third kappa shape index (κ3) is 3.35. The maximum absolute atomic E-state index is 12.3. The van der Waals surface area contributed by atoms with Gasteiger partial charge in [0.1, 0.15) is 12.2 Å². The lowest BCUT2D eigenvalue weighted by Crippen LogP contribution is -2.42. The largest absolute Gasteiger partial charge is 0.378 e. The highest BCUT2D eigenvalue weighted by Gasteiger charge is 2.18. The van der Waals surface area contributed by atoms with Crippen molar-refractivity contribution in [3.05, 3.63) is 47.4 Å². The molecule has 140 valence electrons. The molecule has 8 nitrogen and oxygen atoms in total. The Morgan fingerprint density at radius 1 is 1.26 bits per heavy atom. The first-order valence-corrected chi connectivity index (χ1v) is 8.95. The van der Waals surface area contributed by atoms with Gasteiger partial charge in [-0.05, 0) is 13.0 Å². The van der Waals surface area contributed by atoms with Gasteiger partial charge in [-0.3, -0.25) is 9.59 Å². The summed E-state index contributed by atoms with van der Waals surface area (Å²) in [7, 11) is 0. The number of hydrogen-bond donors (Lipinski definition) is 0. The number of para-hydroxylation sites is 1. The minimum absolute atomic E-state index is 0.0144. The number of nitrogens with zero attached hydrogens (tertiary/aromatic N) is 5. The third-order valence-corrected chi connectivity index (χ3v) is 4.96. The molecule has 1 aliphatic rings. The summed E-state index contributed by atoms with van der Waals surface area (Å²) in [4.78, 5) is 25.6. The average Bonchev–Trinajstić information content (AvgIpc) is 3.25. The molecule has 0 unspecified atom stereocenters. The molecule has 1 saturated heterocycles. The molecular weight excluding hydrogens is 346 g/mol. The number of morpholine rings is 1. The van der Waals surface area contributed by atoms with Gasteiger partial charge in [0.15, 0.2) is 6.29 Å². The van der Waals surface area contributed by atoms with Crippen LogP contribution in [-0.2, 0) is 22.6 Å². The highest BCUT2D eigenvalue weighted by atomic mass is 16.5. The number of hydrogen-bond acceptors (Lipinski definition) is 5. The Kier molecular flexibility index (Phi) is 4.72. The summed E-state index contributed by atoms with van der Waals surface area (Å²) in [6.07, 6.45) is 2.68. The number of fused-ring (bicyclic) bond motifs is 1. The van der Waals surface area contributed by atoms with Crippen molar-refractivity contribution in [3.8, 4) is 0 Å². The third-order valence-electron chi connectivity index (χ3n) is 4.96. The summed E-state index contributed by atoms with van der Waals surface area (Å²) < 4.78 is 8.89. The molecule has 0 aliphatic carbocycles. The van der Waals surface area contributed by atoms with Crippen molar-refractivity contribution in [2.45, 2.75) is 20.0 Å². The van der Waals surface area contributed by atoms with Crippen LogP contribution in [0.2, 0.25) is 0 Å². The molecule has 2 aromatic heterocycles. The zero-order valence-corrected chi connectivity index (χ0v) is 15.2. The fraction of sp³-hybridized carbons (Fsp3) is 0.368. The van der Waals surface area contributed by atoms with Gasteiger partial charge in [0.25, 0.3) is 0 Å². The number of aldehydes is 1. The van der Waals surface area contributed by atoms with E-state index in [2.05, 4.69) is 14.9 Å². The number of carbonyl (C=O) groups excluding carboxylic acids is 2. The van der Waals surface area contributed by atoms with Gasteiger partial charge in [-0.25, -0.2) is 4.68 Å². The smallest absolute Gasteiger partial charge is 0.244 e. The maximum atomic E-state index is 12.3. The highest BCUT2D eigenvalue weighted by Crippen LogP contribution is 2.25. The molecule has 0 atom stereocenters. The van der Waals surface area contributed by atoms with Crippen LogP contribution < -0.4 is 0 Å². The molecule has 4 rings (SSSR count). The Morgan fingerprint density at radius 2 is 2.04 bits per heavy atom. The normalized spacial score (nSPS) is 14.6. The molecule has 27 heavy (non-hydrogen) atoms. The number of amides is 1. The summed E-state index contributed by atoms with van der Waals surface area (Å²) >= 11 is 0. The monoisotopic (exact) mass is 367 g/mol. The van der Waals surface area contributed by atoms with E-state index in [1.165, 1.54) is 0 Å². The van der Waals surface area contributed by atoms with Crippen LogP contribution in [0.1, 0.15) is 21.7 Å². The van der Waals surface area contributed by atoms with Gasteiger partial charge in [-0.1, -0.05) is 23.4 Å². The molecule has 0 radical (unpaired) electrons. The fourth-order valence-electron chi connectivity index (χ4n) is 3.51. The summed E-state index contributed by atoms with van der Waals surface area (Å²) in [5.41, 5.74) is 3.31. The van der Waals surface area contributed by atoms with Gasteiger partial charge in [-0.15, -0.1) is 5.10 Å². The SMILES string of the molecule is Cc1c(C=O)c2ccccc2n1Cc1cn(CC(=O)N2CCOCC2)nn1. The van der Waals surface area contributed by atoms with E-state index in [4.69, 9.17) is 4.74 Å². The summed E-state index contributed by atoms with van der Waals surface area (Å²) in [5.74, 6) is 0.0144. The Bertz CT molecular complexity index is 985. The summed E-state index contributed by atoms with van der Waals surface area (Å²) in [6.45, 7) is 4.97. The summed E-state index contributed by atoms with van der Waals surface area (Å²) in [6, 6.07) is 7.81. The fourth-order valence-corrected chi connectivity index (χ4v) is 3.51. The molecule has 1 aliphatic heterocycles. The molecule has 1 amide bonds. The summed E-state index contributed by atoms with van der Waals surface area (Å²) in [5, 5.41) is 9.22. The van der Waals surface area contributed by atoms with E-state index in [1.54, 1.807) is 15.8 Å². The zero-order chi connectivity index (χ0) is 18.8. The van der Waals surface area contributed by atoms with Crippen molar-refractivity contribution in [3.63, 3.8) is 0 Å². The minimum atomic E-state index is 0.0144. The average molecular weight is 367 g/mol. The van der Waals surface area contributed by atoms with Crippen molar-refractivity contribution >= 4 is 23.1 Å². The highest BCUT2D eigenvalue weighted by molar-refractivity contribution is 5.99. The van der Waals surface area contributed by atoms with Crippen molar-refractivity contribution in [2.24, 2.45) is 0 Å². The van der Waals surface area contributed by atoms with E-state index in [1.807, 2.05) is 31.2 Å². The molecule has 3 aromatic rings. The molecular formula is C19H21N5O3. The van der Waals surface area contributed by atoms with Gasteiger partial charge in [0.05, 0.1) is 26.0 Å². The molecule has 0 bridgehead atoms. The zero-order valence-electron chi connectivity index (χ0n) is 15.2. The minimum Gasteiger partial charge on any atom is -0.378 e. The van der Waals surface area contributed by atoms with Gasteiger partial charge < -0.3 is 14.2 Å². The van der Waals surface area contributed by atoms with Gasteiger partial charge in [0, 0.05) is 35.2 Å². The predicted octanol–water partition coefficient (Wildman–Crippen LogP) is 1.26. The molecule has 1 aromatic carbocycles. The number of ether oxygens (including phenoxy) is 1. The van der Waals surface area contributed by atoms with E-state index >= 15 is 0 Å². The van der Waals surface area contributed by atoms with Crippen LogP contribution in [0.3, 0.4) is 0 Å². The van der Waals surface area contributed by atoms with Crippen molar-refractivity contribution < 1.29 is 14.3 Å². The van der Waals surface area contributed by atoms with Crippen molar-refractivity contribution in [2.75, 3.05) is 26.3 Å².